The van der Waals surface area contributed by atoms with Crippen molar-refractivity contribution in [2.75, 3.05) is 7.11 Å². The first kappa shape index (κ1) is 10.8. The second-order valence-electron chi connectivity index (χ2n) is 3.26. The highest BCUT2D eigenvalue weighted by Crippen LogP contribution is 2.35. The fourth-order valence-corrected chi connectivity index (χ4v) is 1.85. The van der Waals surface area contributed by atoms with E-state index in [4.69, 9.17) is 22.1 Å². The molecule has 3 N–H and O–H groups in total. The van der Waals surface area contributed by atoms with Crippen LogP contribution in [-0.4, -0.2) is 19.0 Å². The zero-order valence-electron chi connectivity index (χ0n) is 8.53. The number of amides is 1. The van der Waals surface area contributed by atoms with E-state index < -0.39 is 6.04 Å². The van der Waals surface area contributed by atoms with Gasteiger partial charge in [-0.2, -0.15) is 0 Å². The Balaban J connectivity index is 2.51. The Morgan fingerprint density at radius 3 is 2.88 bits per heavy atom. The maximum Gasteiger partial charge on any atom is 0.256 e. The van der Waals surface area contributed by atoms with Crippen molar-refractivity contribution in [3.05, 3.63) is 28.8 Å². The van der Waals surface area contributed by atoms with Crippen LogP contribution in [-0.2, 0) is 4.79 Å². The van der Waals surface area contributed by atoms with Gasteiger partial charge in [0.1, 0.15) is 5.75 Å². The van der Waals surface area contributed by atoms with Crippen molar-refractivity contribution in [3.8, 4) is 5.75 Å². The van der Waals surface area contributed by atoms with Crippen LogP contribution in [0, 0.1) is 0 Å². The highest BCUT2D eigenvalue weighted by atomic mass is 35.5. The van der Waals surface area contributed by atoms with Gasteiger partial charge >= 0.3 is 0 Å². The highest BCUT2D eigenvalue weighted by Gasteiger charge is 2.30. The molecule has 1 aliphatic heterocycles. The Bertz CT molecular complexity index is 473. The minimum absolute atomic E-state index is 0.0944. The van der Waals surface area contributed by atoms with Gasteiger partial charge in [0.25, 0.3) is 5.91 Å². The van der Waals surface area contributed by atoms with Crippen molar-refractivity contribution < 1.29 is 9.53 Å². The molecular weight excluding hydrogens is 230 g/mol. The Morgan fingerprint density at radius 1 is 1.56 bits per heavy atom. The molecule has 0 radical (unpaired) electrons. The predicted molar refractivity (Wildman–Crippen MR) is 60.5 cm³/mol. The molecule has 0 aliphatic carbocycles. The smallest absolute Gasteiger partial charge is 0.256 e. The summed E-state index contributed by atoms with van der Waals surface area (Å²) in [5.41, 5.74) is 5.96. The standard InChI is InChI=1S/C10H10ClN3O2/c1-16-6-4-2-3-5(11)7(6)8-9(15)14-10(12)13-8/h2-4,8H,1H3,(H3,12,13,14,15). The number of methoxy groups -OCH3 is 1. The number of nitrogens with one attached hydrogen (secondary N) is 1. The summed E-state index contributed by atoms with van der Waals surface area (Å²) in [6, 6.07) is 4.41. The van der Waals surface area contributed by atoms with Crippen molar-refractivity contribution in [2.45, 2.75) is 6.04 Å². The molecule has 1 heterocycles. The second kappa shape index (κ2) is 4.02. The summed E-state index contributed by atoms with van der Waals surface area (Å²) >= 11 is 6.03. The first-order valence-electron chi connectivity index (χ1n) is 4.60. The average molecular weight is 240 g/mol. The third-order valence-electron chi connectivity index (χ3n) is 2.27. The number of nitrogens with two attached hydrogens (primary N) is 1. The summed E-state index contributed by atoms with van der Waals surface area (Å²) < 4.78 is 5.15. The van der Waals surface area contributed by atoms with E-state index in [2.05, 4.69) is 10.3 Å². The van der Waals surface area contributed by atoms with E-state index in [1.165, 1.54) is 7.11 Å². The molecule has 1 aromatic carbocycles. The van der Waals surface area contributed by atoms with Gasteiger partial charge in [-0.15, -0.1) is 0 Å². The molecule has 5 nitrogen and oxygen atoms in total. The lowest BCUT2D eigenvalue weighted by Gasteiger charge is -2.12. The fraction of sp³-hybridized carbons (Fsp3) is 0.200. The summed E-state index contributed by atoms with van der Waals surface area (Å²) in [5, 5.41) is 2.85. The molecule has 1 atom stereocenters. The van der Waals surface area contributed by atoms with Crippen LogP contribution in [0.2, 0.25) is 5.02 Å². The molecule has 1 aliphatic rings. The Morgan fingerprint density at radius 2 is 2.31 bits per heavy atom. The van der Waals surface area contributed by atoms with E-state index in [-0.39, 0.29) is 11.9 Å². The van der Waals surface area contributed by atoms with Crippen LogP contribution in [0.3, 0.4) is 0 Å². The number of aliphatic imine (C=N–C) groups is 1. The molecular formula is C10H10ClN3O2. The topological polar surface area (TPSA) is 76.7 Å². The van der Waals surface area contributed by atoms with Gasteiger partial charge in [0.15, 0.2) is 12.0 Å². The predicted octanol–water partition coefficient (Wildman–Crippen LogP) is 0.834. The number of carbonyl (C=O) groups excluding carboxylic acids is 1. The second-order valence-corrected chi connectivity index (χ2v) is 3.67. The number of ether oxygens (including phenoxy) is 1. The van der Waals surface area contributed by atoms with E-state index in [9.17, 15) is 4.79 Å². The summed E-state index contributed by atoms with van der Waals surface area (Å²) in [5.74, 6) is 0.312. The monoisotopic (exact) mass is 239 g/mol. The summed E-state index contributed by atoms with van der Waals surface area (Å²) in [6.45, 7) is 0. The molecule has 0 fully saturated rings. The van der Waals surface area contributed by atoms with Crippen LogP contribution >= 0.6 is 11.6 Å². The quantitative estimate of drug-likeness (QED) is 0.803. The van der Waals surface area contributed by atoms with Gasteiger partial charge in [0.2, 0.25) is 0 Å². The summed E-state index contributed by atoms with van der Waals surface area (Å²) in [6.07, 6.45) is 0. The van der Waals surface area contributed by atoms with Gasteiger partial charge in [0, 0.05) is 5.56 Å². The number of hydrogen-bond donors (Lipinski definition) is 2. The molecule has 1 amide bonds. The number of halogens is 1. The number of rotatable bonds is 2. The Kier molecular flexibility index (Phi) is 2.70. The third-order valence-corrected chi connectivity index (χ3v) is 2.60. The molecule has 0 bridgehead atoms. The average Bonchev–Trinajstić information content (AvgIpc) is 2.57. The molecule has 1 aromatic rings. The number of benzene rings is 1. The molecule has 6 heteroatoms. The van der Waals surface area contributed by atoms with Crippen molar-refractivity contribution in [3.63, 3.8) is 0 Å². The van der Waals surface area contributed by atoms with Gasteiger partial charge in [0.05, 0.1) is 12.1 Å². The summed E-state index contributed by atoms with van der Waals surface area (Å²) in [7, 11) is 1.51. The van der Waals surface area contributed by atoms with Crippen LogP contribution in [0.5, 0.6) is 5.75 Å². The van der Waals surface area contributed by atoms with Crippen molar-refractivity contribution >= 4 is 23.5 Å². The zero-order valence-corrected chi connectivity index (χ0v) is 9.28. The highest BCUT2D eigenvalue weighted by molar-refractivity contribution is 6.32. The minimum atomic E-state index is -0.733. The first-order valence-corrected chi connectivity index (χ1v) is 4.98. The maximum absolute atomic E-state index is 11.6. The first-order chi connectivity index (χ1) is 7.63. The minimum Gasteiger partial charge on any atom is -0.496 e. The number of nitrogens with zero attached hydrogens (tertiary/aromatic N) is 1. The SMILES string of the molecule is COc1cccc(Cl)c1C1N=C(N)NC1=O. The lowest BCUT2D eigenvalue weighted by Crippen LogP contribution is -2.31. The largest absolute Gasteiger partial charge is 0.496 e. The van der Waals surface area contributed by atoms with E-state index in [1.54, 1.807) is 18.2 Å². The van der Waals surface area contributed by atoms with Crippen LogP contribution < -0.4 is 15.8 Å². The molecule has 0 spiro atoms. The van der Waals surface area contributed by atoms with Crippen LogP contribution in [0.1, 0.15) is 11.6 Å². The normalized spacial score (nSPS) is 19.2. The van der Waals surface area contributed by atoms with Gasteiger partial charge in [-0.1, -0.05) is 17.7 Å². The molecule has 84 valence electrons. The van der Waals surface area contributed by atoms with Crippen molar-refractivity contribution in [2.24, 2.45) is 10.7 Å². The van der Waals surface area contributed by atoms with Gasteiger partial charge in [-0.05, 0) is 12.1 Å². The molecule has 1 unspecified atom stereocenters. The van der Waals surface area contributed by atoms with E-state index in [1.807, 2.05) is 0 Å². The number of guanidine groups is 1. The molecule has 0 saturated heterocycles. The Labute approximate surface area is 97.2 Å². The van der Waals surface area contributed by atoms with Crippen molar-refractivity contribution in [1.82, 2.24) is 5.32 Å². The van der Waals surface area contributed by atoms with Crippen LogP contribution in [0.15, 0.2) is 23.2 Å². The van der Waals surface area contributed by atoms with Crippen molar-refractivity contribution in [1.29, 1.82) is 0 Å². The third kappa shape index (κ3) is 1.69. The van der Waals surface area contributed by atoms with E-state index >= 15 is 0 Å². The summed E-state index contributed by atoms with van der Waals surface area (Å²) in [4.78, 5) is 15.6. The molecule has 0 aromatic heterocycles. The van der Waals surface area contributed by atoms with Crippen LogP contribution in [0.25, 0.3) is 0 Å². The molecule has 2 rings (SSSR count). The fourth-order valence-electron chi connectivity index (χ4n) is 1.58. The number of carbonyl (C=O) groups is 1. The van der Waals surface area contributed by atoms with Gasteiger partial charge in [-0.25, -0.2) is 4.99 Å². The lowest BCUT2D eigenvalue weighted by molar-refractivity contribution is -0.120. The lowest BCUT2D eigenvalue weighted by atomic mass is 10.1. The van der Waals surface area contributed by atoms with Gasteiger partial charge < -0.3 is 10.5 Å². The molecule has 0 saturated carbocycles. The number of hydrogen-bond acceptors (Lipinski definition) is 4. The molecule has 16 heavy (non-hydrogen) atoms. The Hall–Kier alpha value is -1.75. The van der Waals surface area contributed by atoms with Gasteiger partial charge in [-0.3, -0.25) is 10.1 Å². The van der Waals surface area contributed by atoms with Crippen LogP contribution in [0.4, 0.5) is 0 Å². The van der Waals surface area contributed by atoms with E-state index in [0.717, 1.165) is 0 Å². The maximum atomic E-state index is 11.6. The van der Waals surface area contributed by atoms with E-state index in [0.29, 0.717) is 16.3 Å². The zero-order chi connectivity index (χ0) is 11.7.